The lowest BCUT2D eigenvalue weighted by atomic mass is 10.5. The fourth-order valence-corrected chi connectivity index (χ4v) is 0.634. The quantitative estimate of drug-likeness (QED) is 0.494. The molecule has 0 fully saturated rings. The van der Waals surface area contributed by atoms with E-state index in [1.165, 1.54) is 5.12 Å². The van der Waals surface area contributed by atoms with E-state index in [0.717, 1.165) is 5.82 Å². The van der Waals surface area contributed by atoms with Gasteiger partial charge in [0.15, 0.2) is 5.82 Å². The zero-order chi connectivity index (χ0) is 6.10. The lowest BCUT2D eigenvalue weighted by Crippen LogP contribution is -2.24. The highest BCUT2D eigenvalue weighted by molar-refractivity contribution is 5.13. The van der Waals surface area contributed by atoms with Crippen LogP contribution in [0.3, 0.4) is 0 Å². The predicted octanol–water partition coefficient (Wildman–Crippen LogP) is 0.0619. The Bertz CT molecular complexity index is 203. The van der Waals surface area contributed by atoms with Gasteiger partial charge in [0.1, 0.15) is 0 Å². The Morgan fingerprint density at radius 3 is 3.44 bits per heavy atom. The molecule has 0 saturated heterocycles. The first-order chi connectivity index (χ1) is 4.47. The Morgan fingerprint density at radius 2 is 2.56 bits per heavy atom. The van der Waals surface area contributed by atoms with Gasteiger partial charge < -0.3 is 0 Å². The number of hydrogen-bond acceptors (Lipinski definition) is 4. The number of nitrogens with zero attached hydrogens (tertiary/aromatic N) is 4. The summed E-state index contributed by atoms with van der Waals surface area (Å²) in [6, 6.07) is 0. The Hall–Kier alpha value is -1.52. The maximum Gasteiger partial charge on any atom is 0.171 e. The van der Waals surface area contributed by atoms with E-state index in [4.69, 9.17) is 0 Å². The van der Waals surface area contributed by atoms with Crippen LogP contribution in [0.15, 0.2) is 34.6 Å². The summed E-state index contributed by atoms with van der Waals surface area (Å²) in [4.78, 5) is 0. The number of hydrogen-bond donors (Lipinski definition) is 1. The van der Waals surface area contributed by atoms with E-state index in [-0.39, 0.29) is 0 Å². The molecule has 0 atom stereocenters. The minimum Gasteiger partial charge on any atom is -0.239 e. The van der Waals surface area contributed by atoms with Crippen molar-refractivity contribution < 1.29 is 0 Å². The lowest BCUT2D eigenvalue weighted by Gasteiger charge is -2.10. The number of fused-ring (bicyclic) bond motifs is 1. The monoisotopic (exact) mass is 122 g/mol. The molecule has 0 aromatic heterocycles. The fraction of sp³-hybridized carbons (Fsp3) is 0. The first-order valence-electron chi connectivity index (χ1n) is 2.51. The molecule has 2 aliphatic heterocycles. The van der Waals surface area contributed by atoms with Crippen molar-refractivity contribution >= 4 is 0 Å². The van der Waals surface area contributed by atoms with Crippen molar-refractivity contribution in [1.29, 1.82) is 0 Å². The van der Waals surface area contributed by atoms with Crippen molar-refractivity contribution in [2.75, 3.05) is 0 Å². The molecule has 0 aromatic rings. The van der Waals surface area contributed by atoms with Crippen LogP contribution in [-0.4, -0.2) is 5.12 Å². The van der Waals surface area contributed by atoms with Crippen LogP contribution >= 0.6 is 0 Å². The molecule has 5 nitrogen and oxygen atoms in total. The SMILES string of the molecule is C1=C[N]N2N=NNC2=C1. The van der Waals surface area contributed by atoms with E-state index in [2.05, 4.69) is 21.3 Å². The molecule has 5 heteroatoms. The first kappa shape index (κ1) is 4.37. The van der Waals surface area contributed by atoms with Crippen LogP contribution in [0.1, 0.15) is 0 Å². The molecule has 0 spiro atoms. The molecule has 0 saturated carbocycles. The molecule has 1 N–H and O–H groups in total. The van der Waals surface area contributed by atoms with Crippen molar-refractivity contribution in [3.63, 3.8) is 0 Å². The molecule has 0 unspecified atom stereocenters. The third kappa shape index (κ3) is 0.543. The van der Waals surface area contributed by atoms with Gasteiger partial charge in [-0.1, -0.05) is 0 Å². The van der Waals surface area contributed by atoms with E-state index >= 15 is 0 Å². The van der Waals surface area contributed by atoms with Crippen LogP contribution < -0.4 is 10.9 Å². The van der Waals surface area contributed by atoms with Crippen molar-refractivity contribution in [2.45, 2.75) is 0 Å². The standard InChI is InChI=1S/C4H4N5/c1-2-4-6-7-8-9(4)5-3-1/h1-3H,(H,6,8). The van der Waals surface area contributed by atoms with E-state index in [0.29, 0.717) is 0 Å². The zero-order valence-electron chi connectivity index (χ0n) is 4.52. The molecule has 2 heterocycles. The fourth-order valence-electron chi connectivity index (χ4n) is 0.634. The van der Waals surface area contributed by atoms with Gasteiger partial charge in [-0.25, -0.2) is 5.43 Å². The summed E-state index contributed by atoms with van der Waals surface area (Å²) in [5, 5.41) is 8.56. The minimum atomic E-state index is 0.789. The van der Waals surface area contributed by atoms with Gasteiger partial charge in [-0.3, -0.25) is 0 Å². The normalized spacial score (nSPS) is 20.4. The van der Waals surface area contributed by atoms with Crippen LogP contribution in [0.4, 0.5) is 0 Å². The predicted molar refractivity (Wildman–Crippen MR) is 29.2 cm³/mol. The Morgan fingerprint density at radius 1 is 1.56 bits per heavy atom. The molecule has 2 rings (SSSR count). The highest BCUT2D eigenvalue weighted by atomic mass is 15.8. The third-order valence-corrected chi connectivity index (χ3v) is 1.03. The van der Waals surface area contributed by atoms with Crippen LogP contribution in [0.25, 0.3) is 0 Å². The molecular weight excluding hydrogens is 118 g/mol. The summed E-state index contributed by atoms with van der Waals surface area (Å²) in [5.74, 6) is 0.789. The molecular formula is C4H4N5. The number of nitrogens with one attached hydrogen (secondary N) is 1. The summed E-state index contributed by atoms with van der Waals surface area (Å²) < 4.78 is 0. The average molecular weight is 122 g/mol. The second-order valence-corrected chi connectivity index (χ2v) is 1.60. The Kier molecular flexibility index (Phi) is 0.717. The molecule has 0 aromatic carbocycles. The van der Waals surface area contributed by atoms with Gasteiger partial charge >= 0.3 is 0 Å². The van der Waals surface area contributed by atoms with Crippen LogP contribution in [-0.2, 0) is 0 Å². The minimum absolute atomic E-state index is 0.789. The summed E-state index contributed by atoms with van der Waals surface area (Å²) >= 11 is 0. The molecule has 2 aliphatic rings. The van der Waals surface area contributed by atoms with E-state index in [1.807, 2.05) is 12.2 Å². The van der Waals surface area contributed by atoms with Crippen molar-refractivity contribution in [2.24, 2.45) is 10.4 Å². The highest BCUT2D eigenvalue weighted by Crippen LogP contribution is 2.09. The summed E-state index contributed by atoms with van der Waals surface area (Å²) in [6.07, 6.45) is 5.30. The zero-order valence-corrected chi connectivity index (χ0v) is 4.52. The summed E-state index contributed by atoms with van der Waals surface area (Å²) in [5.41, 5.74) is 6.51. The molecule has 0 aliphatic carbocycles. The van der Waals surface area contributed by atoms with E-state index in [9.17, 15) is 0 Å². The highest BCUT2D eigenvalue weighted by Gasteiger charge is 2.14. The topological polar surface area (TPSA) is 54.1 Å². The maximum absolute atomic E-state index is 3.85. The molecule has 45 valence electrons. The van der Waals surface area contributed by atoms with Gasteiger partial charge in [0.2, 0.25) is 0 Å². The van der Waals surface area contributed by atoms with Gasteiger partial charge in [0, 0.05) is 6.20 Å². The number of rotatable bonds is 0. The lowest BCUT2D eigenvalue weighted by molar-refractivity contribution is 0.293. The average Bonchev–Trinajstić information content (AvgIpc) is 2.33. The van der Waals surface area contributed by atoms with E-state index in [1.54, 1.807) is 6.20 Å². The van der Waals surface area contributed by atoms with E-state index < -0.39 is 0 Å². The van der Waals surface area contributed by atoms with Crippen molar-refractivity contribution in [3.05, 3.63) is 24.2 Å². The van der Waals surface area contributed by atoms with Gasteiger partial charge in [-0.2, -0.15) is 5.43 Å². The molecule has 0 amide bonds. The second kappa shape index (κ2) is 1.48. The molecule has 1 radical (unpaired) electrons. The van der Waals surface area contributed by atoms with Crippen LogP contribution in [0.2, 0.25) is 0 Å². The Balaban J connectivity index is 2.29. The van der Waals surface area contributed by atoms with Crippen molar-refractivity contribution in [3.8, 4) is 0 Å². The van der Waals surface area contributed by atoms with Gasteiger partial charge in [-0.05, 0) is 22.6 Å². The van der Waals surface area contributed by atoms with Gasteiger partial charge in [0.25, 0.3) is 0 Å². The first-order valence-corrected chi connectivity index (χ1v) is 2.51. The van der Waals surface area contributed by atoms with Crippen LogP contribution in [0, 0.1) is 0 Å². The molecule has 9 heavy (non-hydrogen) atoms. The third-order valence-electron chi connectivity index (χ3n) is 1.03. The van der Waals surface area contributed by atoms with Gasteiger partial charge in [0.05, 0.1) is 0 Å². The number of allylic oxidation sites excluding steroid dienone is 2. The van der Waals surface area contributed by atoms with Crippen molar-refractivity contribution in [1.82, 2.24) is 16.0 Å². The Labute approximate surface area is 51.7 Å². The smallest absolute Gasteiger partial charge is 0.171 e. The van der Waals surface area contributed by atoms with Gasteiger partial charge in [-0.15, -0.1) is 5.12 Å². The summed E-state index contributed by atoms with van der Waals surface area (Å²) in [7, 11) is 0. The molecule has 0 bridgehead atoms. The largest absolute Gasteiger partial charge is 0.239 e. The van der Waals surface area contributed by atoms with Crippen LogP contribution in [0.5, 0.6) is 0 Å². The maximum atomic E-state index is 3.85. The summed E-state index contributed by atoms with van der Waals surface area (Å²) in [6.45, 7) is 0. The second-order valence-electron chi connectivity index (χ2n) is 1.60.